The second-order valence-corrected chi connectivity index (χ2v) is 4.69. The van der Waals surface area contributed by atoms with E-state index in [1.165, 1.54) is 0 Å². The van der Waals surface area contributed by atoms with Crippen LogP contribution in [0.25, 0.3) is 0 Å². The molecule has 0 aliphatic rings. The number of rotatable bonds is 7. The van der Waals surface area contributed by atoms with E-state index in [9.17, 15) is 4.79 Å². The van der Waals surface area contributed by atoms with Crippen LogP contribution in [0.2, 0.25) is 0 Å². The molecule has 0 saturated carbocycles. The van der Waals surface area contributed by atoms with Gasteiger partial charge in [0.05, 0.1) is 0 Å². The van der Waals surface area contributed by atoms with Crippen molar-refractivity contribution in [3.05, 3.63) is 0 Å². The van der Waals surface area contributed by atoms with Crippen molar-refractivity contribution in [2.24, 2.45) is 5.92 Å². The van der Waals surface area contributed by atoms with Gasteiger partial charge in [0.25, 0.3) is 0 Å². The zero-order valence-corrected chi connectivity index (χ0v) is 10.8. The molecule has 0 radical (unpaired) electrons. The predicted molar refractivity (Wildman–Crippen MR) is 64.8 cm³/mol. The van der Waals surface area contributed by atoms with Gasteiger partial charge in [-0.2, -0.15) is 0 Å². The lowest BCUT2D eigenvalue weighted by Crippen LogP contribution is -2.37. The van der Waals surface area contributed by atoms with E-state index in [1.54, 1.807) is 0 Å². The molecule has 3 heteroatoms. The van der Waals surface area contributed by atoms with Crippen LogP contribution in [0.15, 0.2) is 0 Å². The first-order valence-electron chi connectivity index (χ1n) is 6.00. The van der Waals surface area contributed by atoms with E-state index in [1.807, 2.05) is 13.8 Å². The van der Waals surface area contributed by atoms with E-state index in [4.69, 9.17) is 0 Å². The second-order valence-electron chi connectivity index (χ2n) is 4.69. The molecule has 1 atom stereocenters. The van der Waals surface area contributed by atoms with Gasteiger partial charge in [-0.05, 0) is 26.2 Å². The molecule has 1 amide bonds. The minimum absolute atomic E-state index is 0.135. The first-order chi connectivity index (χ1) is 6.97. The maximum atomic E-state index is 11.3. The average Bonchev–Trinajstić information content (AvgIpc) is 2.10. The van der Waals surface area contributed by atoms with Crippen molar-refractivity contribution in [3.63, 3.8) is 0 Å². The molecule has 0 rings (SSSR count). The summed E-state index contributed by atoms with van der Waals surface area (Å²) >= 11 is 0. The van der Waals surface area contributed by atoms with E-state index >= 15 is 0 Å². The smallest absolute Gasteiger partial charge is 0.221 e. The highest BCUT2D eigenvalue weighted by Gasteiger charge is 2.10. The summed E-state index contributed by atoms with van der Waals surface area (Å²) in [5.74, 6) is 0.763. The van der Waals surface area contributed by atoms with E-state index in [2.05, 4.69) is 31.4 Å². The van der Waals surface area contributed by atoms with Crippen molar-refractivity contribution < 1.29 is 4.79 Å². The molecule has 0 aliphatic heterocycles. The Kier molecular flexibility index (Phi) is 7.39. The molecule has 0 bridgehead atoms. The normalized spacial score (nSPS) is 13.3. The summed E-state index contributed by atoms with van der Waals surface area (Å²) in [6.07, 6.45) is 1.69. The molecule has 90 valence electrons. The summed E-state index contributed by atoms with van der Waals surface area (Å²) in [7, 11) is 0. The second kappa shape index (κ2) is 7.69. The summed E-state index contributed by atoms with van der Waals surface area (Å²) in [5, 5.41) is 6.30. The lowest BCUT2D eigenvalue weighted by atomic mass is 10.0. The highest BCUT2D eigenvalue weighted by molar-refractivity contribution is 5.76. The Hall–Kier alpha value is -0.570. The first kappa shape index (κ1) is 14.4. The van der Waals surface area contributed by atoms with Crippen molar-refractivity contribution in [2.75, 3.05) is 6.54 Å². The average molecular weight is 214 g/mol. The predicted octanol–water partition coefficient (Wildman–Crippen LogP) is 1.93. The highest BCUT2D eigenvalue weighted by Crippen LogP contribution is 2.04. The zero-order chi connectivity index (χ0) is 11.8. The quantitative estimate of drug-likeness (QED) is 0.680. The minimum Gasteiger partial charge on any atom is -0.354 e. The van der Waals surface area contributed by atoms with Crippen LogP contribution in [0.1, 0.15) is 47.5 Å². The standard InChI is InChI=1S/C12H26N2O/c1-6-11(9(2)3)13-8-7-12(15)14-10(4)5/h9-11,13H,6-8H2,1-5H3,(H,14,15). The Morgan fingerprint density at radius 3 is 2.20 bits per heavy atom. The fourth-order valence-electron chi connectivity index (χ4n) is 1.62. The minimum atomic E-state index is 0.135. The molecule has 0 fully saturated rings. The van der Waals surface area contributed by atoms with Gasteiger partial charge in [-0.25, -0.2) is 0 Å². The number of hydrogen-bond acceptors (Lipinski definition) is 2. The van der Waals surface area contributed by atoms with Crippen LogP contribution in [-0.4, -0.2) is 24.5 Å². The maximum Gasteiger partial charge on any atom is 0.221 e. The molecule has 0 saturated heterocycles. The largest absolute Gasteiger partial charge is 0.354 e. The van der Waals surface area contributed by atoms with Crippen LogP contribution in [0.3, 0.4) is 0 Å². The molecule has 15 heavy (non-hydrogen) atoms. The molecule has 3 nitrogen and oxygen atoms in total. The highest BCUT2D eigenvalue weighted by atomic mass is 16.1. The summed E-state index contributed by atoms with van der Waals surface area (Å²) in [4.78, 5) is 11.3. The first-order valence-corrected chi connectivity index (χ1v) is 6.00. The van der Waals surface area contributed by atoms with Gasteiger partial charge in [-0.15, -0.1) is 0 Å². The van der Waals surface area contributed by atoms with Gasteiger partial charge in [-0.1, -0.05) is 20.8 Å². The van der Waals surface area contributed by atoms with E-state index < -0.39 is 0 Å². The third kappa shape index (κ3) is 7.37. The Balaban J connectivity index is 3.64. The molecule has 0 aromatic carbocycles. The van der Waals surface area contributed by atoms with Crippen LogP contribution in [0, 0.1) is 5.92 Å². The van der Waals surface area contributed by atoms with Gasteiger partial charge < -0.3 is 10.6 Å². The van der Waals surface area contributed by atoms with Crippen molar-refractivity contribution in [1.82, 2.24) is 10.6 Å². The van der Waals surface area contributed by atoms with Crippen molar-refractivity contribution in [1.29, 1.82) is 0 Å². The molecule has 0 aromatic rings. The van der Waals surface area contributed by atoms with Gasteiger partial charge in [-0.3, -0.25) is 4.79 Å². The van der Waals surface area contributed by atoms with Crippen molar-refractivity contribution in [3.8, 4) is 0 Å². The van der Waals surface area contributed by atoms with Crippen LogP contribution in [0.5, 0.6) is 0 Å². The zero-order valence-electron chi connectivity index (χ0n) is 10.8. The third-order valence-corrected chi connectivity index (χ3v) is 2.45. The van der Waals surface area contributed by atoms with Gasteiger partial charge in [0.15, 0.2) is 0 Å². The third-order valence-electron chi connectivity index (χ3n) is 2.45. The molecular formula is C12H26N2O. The summed E-state index contributed by atoms with van der Waals surface area (Å²) in [6.45, 7) is 11.3. The number of carbonyl (C=O) groups excluding carboxylic acids is 1. The van der Waals surface area contributed by atoms with E-state index in [-0.39, 0.29) is 11.9 Å². The van der Waals surface area contributed by atoms with E-state index in [0.29, 0.717) is 18.4 Å². The number of nitrogens with one attached hydrogen (secondary N) is 2. The van der Waals surface area contributed by atoms with Crippen LogP contribution in [-0.2, 0) is 4.79 Å². The summed E-state index contributed by atoms with van der Waals surface area (Å²) < 4.78 is 0. The number of hydrogen-bond donors (Lipinski definition) is 2. The van der Waals surface area contributed by atoms with Crippen LogP contribution >= 0.6 is 0 Å². The van der Waals surface area contributed by atoms with Gasteiger partial charge in [0.2, 0.25) is 5.91 Å². The SMILES string of the molecule is CCC(NCCC(=O)NC(C)C)C(C)C. The molecule has 0 heterocycles. The van der Waals surface area contributed by atoms with Gasteiger partial charge in [0.1, 0.15) is 0 Å². The molecule has 0 aromatic heterocycles. The lowest BCUT2D eigenvalue weighted by Gasteiger charge is -2.20. The number of carbonyl (C=O) groups is 1. The Morgan fingerprint density at radius 2 is 1.80 bits per heavy atom. The Labute approximate surface area is 94.0 Å². The Bertz CT molecular complexity index is 178. The monoisotopic (exact) mass is 214 g/mol. The fraction of sp³-hybridized carbons (Fsp3) is 0.917. The lowest BCUT2D eigenvalue weighted by molar-refractivity contribution is -0.121. The van der Waals surface area contributed by atoms with Crippen molar-refractivity contribution >= 4 is 5.91 Å². The topological polar surface area (TPSA) is 41.1 Å². The fourth-order valence-corrected chi connectivity index (χ4v) is 1.62. The summed E-state index contributed by atoms with van der Waals surface area (Å²) in [6, 6.07) is 0.765. The van der Waals surface area contributed by atoms with Crippen molar-refractivity contribution in [2.45, 2.75) is 59.5 Å². The molecule has 0 spiro atoms. The summed E-state index contributed by atoms with van der Waals surface area (Å²) in [5.41, 5.74) is 0. The molecule has 2 N–H and O–H groups in total. The molecule has 0 aliphatic carbocycles. The van der Waals surface area contributed by atoms with Crippen LogP contribution in [0.4, 0.5) is 0 Å². The van der Waals surface area contributed by atoms with Crippen LogP contribution < -0.4 is 10.6 Å². The Morgan fingerprint density at radius 1 is 1.20 bits per heavy atom. The van der Waals surface area contributed by atoms with E-state index in [0.717, 1.165) is 13.0 Å². The maximum absolute atomic E-state index is 11.3. The number of amides is 1. The van der Waals surface area contributed by atoms with Gasteiger partial charge >= 0.3 is 0 Å². The molecular weight excluding hydrogens is 188 g/mol. The van der Waals surface area contributed by atoms with Gasteiger partial charge in [0, 0.05) is 25.0 Å². The molecule has 1 unspecified atom stereocenters.